The van der Waals surface area contributed by atoms with Crippen LogP contribution in [0.3, 0.4) is 0 Å². The van der Waals surface area contributed by atoms with E-state index in [9.17, 15) is 4.79 Å². The first-order chi connectivity index (χ1) is 6.24. The summed E-state index contributed by atoms with van der Waals surface area (Å²) in [6.45, 7) is 2.00. The minimum atomic E-state index is -0.0863. The molecule has 1 aromatic rings. The quantitative estimate of drug-likeness (QED) is 0.729. The molecule has 2 N–H and O–H groups in total. The third kappa shape index (κ3) is 2.87. The van der Waals surface area contributed by atoms with Crippen molar-refractivity contribution < 1.29 is 5.11 Å². The van der Waals surface area contributed by atoms with E-state index in [2.05, 4.69) is 4.98 Å². The third-order valence-electron chi connectivity index (χ3n) is 1.75. The Hall–Kier alpha value is -1.35. The highest BCUT2D eigenvalue weighted by Gasteiger charge is 1.92. The van der Waals surface area contributed by atoms with Crippen LogP contribution in [0.2, 0.25) is 0 Å². The zero-order chi connectivity index (χ0) is 9.68. The Labute approximate surface area is 76.7 Å². The van der Waals surface area contributed by atoms with Crippen LogP contribution in [0, 0.1) is 6.92 Å². The van der Waals surface area contributed by atoms with Crippen molar-refractivity contribution in [1.29, 1.82) is 0 Å². The molecule has 0 radical (unpaired) electrons. The van der Waals surface area contributed by atoms with Crippen LogP contribution in [0.15, 0.2) is 23.0 Å². The number of rotatable bonds is 3. The van der Waals surface area contributed by atoms with Gasteiger partial charge in [-0.15, -0.1) is 0 Å². The number of pyridine rings is 1. The molecule has 0 aliphatic heterocycles. The Morgan fingerprint density at radius 1 is 1.54 bits per heavy atom. The van der Waals surface area contributed by atoms with Gasteiger partial charge in [0.2, 0.25) is 5.56 Å². The van der Waals surface area contributed by atoms with Gasteiger partial charge in [-0.05, 0) is 25.0 Å². The van der Waals surface area contributed by atoms with Gasteiger partial charge in [-0.1, -0.05) is 12.2 Å². The van der Waals surface area contributed by atoms with Gasteiger partial charge >= 0.3 is 0 Å². The number of H-pyrrole nitrogens is 1. The van der Waals surface area contributed by atoms with Gasteiger partial charge in [0.1, 0.15) is 0 Å². The van der Waals surface area contributed by atoms with E-state index in [-0.39, 0.29) is 12.2 Å². The van der Waals surface area contributed by atoms with E-state index in [0.29, 0.717) is 6.42 Å². The van der Waals surface area contributed by atoms with Crippen molar-refractivity contribution in [1.82, 2.24) is 4.98 Å². The van der Waals surface area contributed by atoms with E-state index >= 15 is 0 Å². The predicted molar refractivity (Wildman–Crippen MR) is 52.5 cm³/mol. The van der Waals surface area contributed by atoms with Gasteiger partial charge in [-0.25, -0.2) is 0 Å². The molecule has 1 rings (SSSR count). The summed E-state index contributed by atoms with van der Waals surface area (Å²) in [4.78, 5) is 13.5. The molecular formula is C10H13NO2. The van der Waals surface area contributed by atoms with Crippen LogP contribution < -0.4 is 5.56 Å². The highest BCUT2D eigenvalue weighted by molar-refractivity contribution is 5.50. The second kappa shape index (κ2) is 4.62. The largest absolute Gasteiger partial charge is 0.396 e. The van der Waals surface area contributed by atoms with Gasteiger partial charge < -0.3 is 10.1 Å². The van der Waals surface area contributed by atoms with E-state index in [1.165, 1.54) is 6.07 Å². The second-order valence-electron chi connectivity index (χ2n) is 2.82. The summed E-state index contributed by atoms with van der Waals surface area (Å²) in [6, 6.07) is 3.26. The van der Waals surface area contributed by atoms with E-state index in [1.54, 1.807) is 6.07 Å². The molecule has 0 saturated heterocycles. The van der Waals surface area contributed by atoms with Crippen molar-refractivity contribution in [2.75, 3.05) is 6.61 Å². The molecule has 3 heteroatoms. The molecule has 0 fully saturated rings. The van der Waals surface area contributed by atoms with Crippen LogP contribution in [0.1, 0.15) is 17.7 Å². The normalized spacial score (nSPS) is 10.9. The second-order valence-corrected chi connectivity index (χ2v) is 2.82. The number of aliphatic hydroxyl groups excluding tert-OH is 1. The van der Waals surface area contributed by atoms with E-state index in [4.69, 9.17) is 5.11 Å². The number of hydrogen-bond donors (Lipinski definition) is 2. The van der Waals surface area contributed by atoms with Gasteiger partial charge in [0.05, 0.1) is 0 Å². The summed E-state index contributed by atoms with van der Waals surface area (Å²) >= 11 is 0. The predicted octanol–water partition coefficient (Wildman–Crippen LogP) is 1.08. The number of aliphatic hydroxyl groups is 1. The number of aromatic nitrogens is 1. The zero-order valence-electron chi connectivity index (χ0n) is 7.58. The molecule has 0 aliphatic rings. The lowest BCUT2D eigenvalue weighted by Crippen LogP contribution is -2.05. The molecule has 0 spiro atoms. The zero-order valence-corrected chi connectivity index (χ0v) is 7.58. The number of aromatic amines is 1. The van der Waals surface area contributed by atoms with Gasteiger partial charge in [-0.2, -0.15) is 0 Å². The Morgan fingerprint density at radius 2 is 2.31 bits per heavy atom. The lowest BCUT2D eigenvalue weighted by molar-refractivity contribution is 0.303. The SMILES string of the molecule is Cc1[nH]c(=O)ccc1C=CCCO. The average Bonchev–Trinajstić information content (AvgIpc) is 2.09. The fraction of sp³-hybridized carbons (Fsp3) is 0.300. The van der Waals surface area contributed by atoms with Crippen LogP contribution >= 0.6 is 0 Å². The van der Waals surface area contributed by atoms with Gasteiger partial charge in [0.25, 0.3) is 0 Å². The van der Waals surface area contributed by atoms with E-state index in [1.807, 2.05) is 19.1 Å². The van der Waals surface area contributed by atoms with Crippen molar-refractivity contribution in [2.45, 2.75) is 13.3 Å². The average molecular weight is 179 g/mol. The van der Waals surface area contributed by atoms with Crippen LogP contribution in [0.5, 0.6) is 0 Å². The summed E-state index contributed by atoms with van der Waals surface area (Å²) in [5, 5.41) is 8.55. The molecule has 0 atom stereocenters. The number of aryl methyl sites for hydroxylation is 1. The summed E-state index contributed by atoms with van der Waals surface area (Å²) < 4.78 is 0. The van der Waals surface area contributed by atoms with E-state index in [0.717, 1.165) is 11.3 Å². The van der Waals surface area contributed by atoms with Gasteiger partial charge in [0, 0.05) is 18.4 Å². The molecule has 70 valence electrons. The Kier molecular flexibility index (Phi) is 3.46. The first-order valence-electron chi connectivity index (χ1n) is 4.21. The van der Waals surface area contributed by atoms with Crippen LogP contribution in [0.4, 0.5) is 0 Å². The van der Waals surface area contributed by atoms with Crippen LogP contribution in [0.25, 0.3) is 6.08 Å². The fourth-order valence-corrected chi connectivity index (χ4v) is 1.05. The minimum absolute atomic E-state index is 0.0863. The van der Waals surface area contributed by atoms with E-state index < -0.39 is 0 Å². The summed E-state index contributed by atoms with van der Waals surface area (Å²) in [7, 11) is 0. The minimum Gasteiger partial charge on any atom is -0.396 e. The maximum atomic E-state index is 10.9. The van der Waals surface area contributed by atoms with Crippen LogP contribution in [-0.4, -0.2) is 16.7 Å². The van der Waals surface area contributed by atoms with Crippen molar-refractivity contribution in [3.05, 3.63) is 39.8 Å². The fourth-order valence-electron chi connectivity index (χ4n) is 1.05. The molecular weight excluding hydrogens is 166 g/mol. The Balaban J connectivity index is 2.83. The molecule has 0 unspecified atom stereocenters. The molecule has 0 aliphatic carbocycles. The number of nitrogens with one attached hydrogen (secondary N) is 1. The third-order valence-corrected chi connectivity index (χ3v) is 1.75. The molecule has 1 aromatic heterocycles. The lowest BCUT2D eigenvalue weighted by atomic mass is 10.2. The van der Waals surface area contributed by atoms with Gasteiger partial charge in [-0.3, -0.25) is 4.79 Å². The summed E-state index contributed by atoms with van der Waals surface area (Å²) in [6.07, 6.45) is 4.40. The lowest BCUT2D eigenvalue weighted by Gasteiger charge is -1.97. The molecule has 1 heterocycles. The maximum absolute atomic E-state index is 10.9. The first kappa shape index (κ1) is 9.74. The molecule has 0 bridgehead atoms. The summed E-state index contributed by atoms with van der Waals surface area (Å²) in [5.74, 6) is 0. The number of hydrogen-bond acceptors (Lipinski definition) is 2. The monoisotopic (exact) mass is 179 g/mol. The maximum Gasteiger partial charge on any atom is 0.248 e. The highest BCUT2D eigenvalue weighted by Crippen LogP contribution is 2.04. The van der Waals surface area contributed by atoms with Crippen molar-refractivity contribution in [3.8, 4) is 0 Å². The molecule has 13 heavy (non-hydrogen) atoms. The first-order valence-corrected chi connectivity index (χ1v) is 4.21. The molecule has 3 nitrogen and oxygen atoms in total. The Bertz CT molecular complexity index is 352. The smallest absolute Gasteiger partial charge is 0.248 e. The molecule has 0 aromatic carbocycles. The van der Waals surface area contributed by atoms with Gasteiger partial charge in [0.15, 0.2) is 0 Å². The standard InChI is InChI=1S/C10H13NO2/c1-8-9(4-2-3-7-12)5-6-10(13)11-8/h2,4-6,12H,3,7H2,1H3,(H,11,13). The topological polar surface area (TPSA) is 53.1 Å². The van der Waals surface area contributed by atoms with Crippen molar-refractivity contribution in [2.24, 2.45) is 0 Å². The van der Waals surface area contributed by atoms with Crippen molar-refractivity contribution in [3.63, 3.8) is 0 Å². The van der Waals surface area contributed by atoms with Crippen molar-refractivity contribution >= 4 is 6.08 Å². The molecule has 0 saturated carbocycles. The summed E-state index contributed by atoms with van der Waals surface area (Å²) in [5.41, 5.74) is 1.74. The van der Waals surface area contributed by atoms with Crippen LogP contribution in [-0.2, 0) is 0 Å². The molecule has 0 amide bonds. The Morgan fingerprint density at radius 3 is 2.92 bits per heavy atom. The highest BCUT2D eigenvalue weighted by atomic mass is 16.2.